The van der Waals surface area contributed by atoms with E-state index in [-0.39, 0.29) is 0 Å². The summed E-state index contributed by atoms with van der Waals surface area (Å²) in [5.41, 5.74) is 0.386. The van der Waals surface area contributed by atoms with E-state index in [1.165, 1.54) is 0 Å². The van der Waals surface area contributed by atoms with Crippen molar-refractivity contribution in [2.75, 3.05) is 5.32 Å². The molecule has 0 aromatic heterocycles. The highest BCUT2D eigenvalue weighted by Gasteiger charge is 2.41. The first-order valence-corrected chi connectivity index (χ1v) is 8.01. The monoisotopic (exact) mass is 350 g/mol. The fraction of sp³-hybridized carbons (Fsp3) is 0.500. The number of carboxylic acid groups (broad SMARTS) is 1. The lowest BCUT2D eigenvalue weighted by Gasteiger charge is -2.38. The topological polar surface area (TPSA) is 73.1 Å². The first kappa shape index (κ1) is 15.8. The summed E-state index contributed by atoms with van der Waals surface area (Å²) < 4.78 is 0.679. The van der Waals surface area contributed by atoms with E-state index in [9.17, 15) is 9.90 Å². The molecule has 1 fully saturated rings. The van der Waals surface area contributed by atoms with Crippen LogP contribution in [-0.2, 0) is 4.79 Å². The molecule has 2 N–H and O–H groups in total. The summed E-state index contributed by atoms with van der Waals surface area (Å²) in [6, 6.07) is 7.31. The van der Waals surface area contributed by atoms with Crippen LogP contribution in [0.3, 0.4) is 0 Å². The Hall–Kier alpha value is -1.54. The van der Waals surface area contributed by atoms with Gasteiger partial charge in [-0.1, -0.05) is 13.3 Å². The normalized spacial score (nSPS) is 25.1. The van der Waals surface area contributed by atoms with E-state index >= 15 is 0 Å². The molecule has 0 amide bonds. The van der Waals surface area contributed by atoms with Gasteiger partial charge in [-0.15, -0.1) is 0 Å². The van der Waals surface area contributed by atoms with E-state index in [0.29, 0.717) is 28.8 Å². The fourth-order valence-corrected chi connectivity index (χ4v) is 3.40. The van der Waals surface area contributed by atoms with Gasteiger partial charge in [-0.05, 0) is 65.7 Å². The lowest BCUT2D eigenvalue weighted by atomic mass is 9.75. The van der Waals surface area contributed by atoms with Gasteiger partial charge < -0.3 is 10.4 Å². The Morgan fingerprint density at radius 3 is 2.67 bits per heavy atom. The molecule has 0 aliphatic heterocycles. The zero-order valence-corrected chi connectivity index (χ0v) is 13.6. The van der Waals surface area contributed by atoms with Crippen LogP contribution in [0.4, 0.5) is 5.69 Å². The molecule has 1 aromatic rings. The molecule has 5 heteroatoms. The molecule has 1 saturated carbocycles. The van der Waals surface area contributed by atoms with Gasteiger partial charge in [-0.25, -0.2) is 4.79 Å². The van der Waals surface area contributed by atoms with Gasteiger partial charge in [-0.3, -0.25) is 0 Å². The van der Waals surface area contributed by atoms with E-state index in [2.05, 4.69) is 34.2 Å². The number of carboxylic acids is 1. The van der Waals surface area contributed by atoms with Crippen molar-refractivity contribution in [1.29, 1.82) is 5.26 Å². The van der Waals surface area contributed by atoms with E-state index in [1.807, 2.05) is 0 Å². The van der Waals surface area contributed by atoms with Gasteiger partial charge in [0.15, 0.2) is 0 Å². The standard InChI is InChI=1S/C16H19BrN2O2/c1-2-11-5-7-16(8-6-11,15(20)21)19-13-4-3-12(10-18)14(17)9-13/h3-4,9,11,19H,2,5-8H2,1H3,(H,20,21). The summed E-state index contributed by atoms with van der Waals surface area (Å²) in [5.74, 6) is -0.162. The lowest BCUT2D eigenvalue weighted by Crippen LogP contribution is -2.49. The molecule has 4 nitrogen and oxygen atoms in total. The second kappa shape index (κ2) is 6.48. The number of halogens is 1. The van der Waals surface area contributed by atoms with Crippen LogP contribution in [0.15, 0.2) is 22.7 Å². The van der Waals surface area contributed by atoms with E-state index in [0.717, 1.165) is 24.9 Å². The van der Waals surface area contributed by atoms with Crippen LogP contribution >= 0.6 is 15.9 Å². The minimum atomic E-state index is -0.890. The number of nitriles is 1. The predicted molar refractivity (Wildman–Crippen MR) is 85.1 cm³/mol. The molecular formula is C16H19BrN2O2. The molecule has 21 heavy (non-hydrogen) atoms. The largest absolute Gasteiger partial charge is 0.480 e. The Morgan fingerprint density at radius 1 is 1.52 bits per heavy atom. The van der Waals surface area contributed by atoms with E-state index < -0.39 is 11.5 Å². The molecule has 0 atom stereocenters. The maximum atomic E-state index is 11.8. The number of hydrogen-bond donors (Lipinski definition) is 2. The summed E-state index contributed by atoms with van der Waals surface area (Å²) in [6.45, 7) is 2.16. The van der Waals surface area contributed by atoms with Gasteiger partial charge in [0.25, 0.3) is 0 Å². The molecule has 1 aliphatic rings. The van der Waals surface area contributed by atoms with E-state index in [1.54, 1.807) is 18.2 Å². The third-order valence-electron chi connectivity index (χ3n) is 4.42. The lowest BCUT2D eigenvalue weighted by molar-refractivity contribution is -0.143. The first-order chi connectivity index (χ1) is 10.0. The maximum Gasteiger partial charge on any atom is 0.329 e. The second-order valence-electron chi connectivity index (χ2n) is 5.67. The quantitative estimate of drug-likeness (QED) is 0.854. The molecule has 1 aromatic carbocycles. The van der Waals surface area contributed by atoms with Crippen LogP contribution in [0.5, 0.6) is 0 Å². The number of benzene rings is 1. The maximum absolute atomic E-state index is 11.8. The number of anilines is 1. The summed E-state index contributed by atoms with van der Waals surface area (Å²) >= 11 is 3.34. The number of aliphatic carboxylic acids is 1. The fourth-order valence-electron chi connectivity index (χ4n) is 2.93. The number of nitrogens with zero attached hydrogens (tertiary/aromatic N) is 1. The smallest absolute Gasteiger partial charge is 0.329 e. The van der Waals surface area contributed by atoms with E-state index in [4.69, 9.17) is 5.26 Å². The average molecular weight is 351 g/mol. The highest BCUT2D eigenvalue weighted by Crippen LogP contribution is 2.37. The highest BCUT2D eigenvalue weighted by atomic mass is 79.9. The van der Waals surface area contributed by atoms with Crippen molar-refractivity contribution < 1.29 is 9.90 Å². The van der Waals surface area contributed by atoms with Gasteiger partial charge in [0.2, 0.25) is 0 Å². The van der Waals surface area contributed by atoms with Gasteiger partial charge in [-0.2, -0.15) is 5.26 Å². The Balaban J connectivity index is 2.20. The zero-order chi connectivity index (χ0) is 15.5. The van der Waals surface area contributed by atoms with Crippen LogP contribution in [0.25, 0.3) is 0 Å². The SMILES string of the molecule is CCC1CCC(Nc2ccc(C#N)c(Br)c2)(C(=O)O)CC1. The highest BCUT2D eigenvalue weighted by molar-refractivity contribution is 9.10. The summed E-state index contributed by atoms with van der Waals surface area (Å²) in [6.07, 6.45) is 4.26. The molecule has 0 radical (unpaired) electrons. The Labute approximate surface area is 133 Å². The van der Waals surface area contributed by atoms with Crippen molar-refractivity contribution in [2.24, 2.45) is 5.92 Å². The van der Waals surface area contributed by atoms with Gasteiger partial charge >= 0.3 is 5.97 Å². The molecule has 112 valence electrons. The molecule has 1 aliphatic carbocycles. The second-order valence-corrected chi connectivity index (χ2v) is 6.52. The number of rotatable bonds is 4. The molecule has 0 bridgehead atoms. The number of carbonyl (C=O) groups is 1. The number of hydrogen-bond acceptors (Lipinski definition) is 3. The molecule has 2 rings (SSSR count). The summed E-state index contributed by atoms with van der Waals surface area (Å²) in [4.78, 5) is 11.8. The molecular weight excluding hydrogens is 332 g/mol. The van der Waals surface area contributed by atoms with Crippen molar-refractivity contribution in [3.63, 3.8) is 0 Å². The van der Waals surface area contributed by atoms with Crippen LogP contribution in [0, 0.1) is 17.2 Å². The first-order valence-electron chi connectivity index (χ1n) is 7.22. The minimum absolute atomic E-state index is 0.541. The molecule has 0 spiro atoms. The minimum Gasteiger partial charge on any atom is -0.480 e. The third-order valence-corrected chi connectivity index (χ3v) is 5.07. The average Bonchev–Trinajstić information content (AvgIpc) is 2.48. The van der Waals surface area contributed by atoms with Gasteiger partial charge in [0.1, 0.15) is 11.6 Å². The Morgan fingerprint density at radius 2 is 2.19 bits per heavy atom. The summed E-state index contributed by atoms with van der Waals surface area (Å²) in [5, 5.41) is 21.8. The number of nitrogens with one attached hydrogen (secondary N) is 1. The van der Waals surface area contributed by atoms with Crippen LogP contribution in [0.2, 0.25) is 0 Å². The molecule has 0 unspecified atom stereocenters. The summed E-state index contributed by atoms with van der Waals surface area (Å²) in [7, 11) is 0. The van der Waals surface area contributed by atoms with Gasteiger partial charge in [0, 0.05) is 10.2 Å². The van der Waals surface area contributed by atoms with Crippen LogP contribution < -0.4 is 5.32 Å². The van der Waals surface area contributed by atoms with Crippen molar-refractivity contribution in [3.05, 3.63) is 28.2 Å². The van der Waals surface area contributed by atoms with Gasteiger partial charge in [0.05, 0.1) is 5.56 Å². The Kier molecular flexibility index (Phi) is 4.89. The van der Waals surface area contributed by atoms with Crippen LogP contribution in [-0.4, -0.2) is 16.6 Å². The predicted octanol–water partition coefficient (Wildman–Crippen LogP) is 4.16. The third kappa shape index (κ3) is 3.38. The molecule has 0 heterocycles. The van der Waals surface area contributed by atoms with Crippen molar-refractivity contribution in [3.8, 4) is 6.07 Å². The molecule has 0 saturated heterocycles. The van der Waals surface area contributed by atoms with Crippen molar-refractivity contribution in [2.45, 2.75) is 44.6 Å². The van der Waals surface area contributed by atoms with Crippen LogP contribution in [0.1, 0.15) is 44.6 Å². The van der Waals surface area contributed by atoms with Crippen molar-refractivity contribution >= 4 is 27.6 Å². The van der Waals surface area contributed by atoms with Crippen molar-refractivity contribution in [1.82, 2.24) is 0 Å². The zero-order valence-electron chi connectivity index (χ0n) is 12.0. The Bertz CT molecular complexity index is 572.